The van der Waals surface area contributed by atoms with Gasteiger partial charge in [-0.15, -0.1) is 0 Å². The highest BCUT2D eigenvalue weighted by Crippen LogP contribution is 2.38. The maximum Gasteiger partial charge on any atom is 0.132 e. The summed E-state index contributed by atoms with van der Waals surface area (Å²) in [6.45, 7) is 2.29. The Morgan fingerprint density at radius 2 is 2.25 bits per heavy atom. The molecule has 0 unspecified atom stereocenters. The lowest BCUT2D eigenvalue weighted by Crippen LogP contribution is -2.20. The van der Waals surface area contributed by atoms with Crippen molar-refractivity contribution < 1.29 is 4.74 Å². The molecule has 0 atom stereocenters. The van der Waals surface area contributed by atoms with Crippen LogP contribution in [0, 0.1) is 0 Å². The zero-order chi connectivity index (χ0) is 11.0. The van der Waals surface area contributed by atoms with E-state index < -0.39 is 0 Å². The van der Waals surface area contributed by atoms with Crippen LogP contribution in [0.25, 0.3) is 0 Å². The fraction of sp³-hybridized carbons (Fsp3) is 0.667. The molecule has 0 saturated heterocycles. The van der Waals surface area contributed by atoms with Crippen LogP contribution in [-0.4, -0.2) is 23.6 Å². The Labute approximate surface area is 95.4 Å². The van der Waals surface area contributed by atoms with Gasteiger partial charge in [0.05, 0.1) is 24.6 Å². The summed E-state index contributed by atoms with van der Waals surface area (Å²) in [5.41, 5.74) is 3.56. The molecule has 2 aliphatic rings. The zero-order valence-corrected chi connectivity index (χ0v) is 9.62. The molecule has 4 nitrogen and oxygen atoms in total. The lowest BCUT2D eigenvalue weighted by Gasteiger charge is -2.19. The minimum absolute atomic E-state index is 0.628. The summed E-state index contributed by atoms with van der Waals surface area (Å²) in [6.07, 6.45) is 3.46. The standard InChI is InChI=1S/C12H17N3O/c1-13-6-11-9-7-16-5-4-10(9)14-12(15-11)8-2-3-8/h8,13H,2-7H2,1H3. The normalized spacial score (nSPS) is 19.6. The van der Waals surface area contributed by atoms with E-state index in [2.05, 4.69) is 10.3 Å². The molecular weight excluding hydrogens is 202 g/mol. The first-order chi connectivity index (χ1) is 7.88. The van der Waals surface area contributed by atoms with E-state index in [4.69, 9.17) is 9.72 Å². The van der Waals surface area contributed by atoms with Gasteiger partial charge in [-0.1, -0.05) is 0 Å². The lowest BCUT2D eigenvalue weighted by atomic mass is 10.1. The van der Waals surface area contributed by atoms with Gasteiger partial charge in [-0.05, 0) is 19.9 Å². The van der Waals surface area contributed by atoms with E-state index in [1.54, 1.807) is 0 Å². The topological polar surface area (TPSA) is 47.0 Å². The van der Waals surface area contributed by atoms with Crippen molar-refractivity contribution in [3.63, 3.8) is 0 Å². The van der Waals surface area contributed by atoms with E-state index in [1.165, 1.54) is 24.1 Å². The molecule has 86 valence electrons. The third kappa shape index (κ3) is 1.83. The fourth-order valence-corrected chi connectivity index (χ4v) is 2.16. The van der Waals surface area contributed by atoms with Crippen molar-refractivity contribution in [2.75, 3.05) is 13.7 Å². The Hall–Kier alpha value is -1.00. The Kier molecular flexibility index (Phi) is 2.61. The average molecular weight is 219 g/mol. The van der Waals surface area contributed by atoms with Gasteiger partial charge in [-0.3, -0.25) is 0 Å². The van der Waals surface area contributed by atoms with Gasteiger partial charge in [0, 0.05) is 24.4 Å². The second-order valence-corrected chi connectivity index (χ2v) is 4.56. The Morgan fingerprint density at radius 3 is 3.00 bits per heavy atom. The SMILES string of the molecule is CNCc1nc(C2CC2)nc2c1COCC2. The van der Waals surface area contributed by atoms with Gasteiger partial charge in [-0.2, -0.15) is 0 Å². The Balaban J connectivity index is 2.01. The molecule has 1 aromatic heterocycles. The minimum Gasteiger partial charge on any atom is -0.376 e. The van der Waals surface area contributed by atoms with Crippen molar-refractivity contribution in [2.45, 2.75) is 38.3 Å². The van der Waals surface area contributed by atoms with E-state index >= 15 is 0 Å². The Morgan fingerprint density at radius 1 is 1.38 bits per heavy atom. The fourth-order valence-electron chi connectivity index (χ4n) is 2.16. The Bertz CT molecular complexity index is 401. The number of nitrogens with one attached hydrogen (secondary N) is 1. The molecule has 1 aliphatic heterocycles. The van der Waals surface area contributed by atoms with Gasteiger partial charge in [0.2, 0.25) is 0 Å². The van der Waals surface area contributed by atoms with E-state index in [9.17, 15) is 0 Å². The number of ether oxygens (including phenoxy) is 1. The molecular formula is C12H17N3O. The molecule has 2 heterocycles. The third-order valence-electron chi connectivity index (χ3n) is 3.21. The van der Waals surface area contributed by atoms with Crippen molar-refractivity contribution >= 4 is 0 Å². The maximum absolute atomic E-state index is 5.49. The third-order valence-corrected chi connectivity index (χ3v) is 3.21. The van der Waals surface area contributed by atoms with Crippen LogP contribution in [0.5, 0.6) is 0 Å². The second-order valence-electron chi connectivity index (χ2n) is 4.56. The van der Waals surface area contributed by atoms with Crippen LogP contribution in [0.15, 0.2) is 0 Å². The molecule has 0 radical (unpaired) electrons. The van der Waals surface area contributed by atoms with Crippen molar-refractivity contribution in [1.82, 2.24) is 15.3 Å². The van der Waals surface area contributed by atoms with Gasteiger partial charge in [0.15, 0.2) is 0 Å². The predicted molar refractivity (Wildman–Crippen MR) is 60.1 cm³/mol. The first-order valence-corrected chi connectivity index (χ1v) is 5.99. The molecule has 0 amide bonds. The van der Waals surface area contributed by atoms with E-state index in [0.717, 1.165) is 31.1 Å². The van der Waals surface area contributed by atoms with Crippen LogP contribution in [0.3, 0.4) is 0 Å². The molecule has 1 saturated carbocycles. The number of hydrogen-bond acceptors (Lipinski definition) is 4. The van der Waals surface area contributed by atoms with Crippen molar-refractivity contribution in [2.24, 2.45) is 0 Å². The monoisotopic (exact) mass is 219 g/mol. The van der Waals surface area contributed by atoms with E-state index in [1.807, 2.05) is 7.05 Å². The van der Waals surface area contributed by atoms with E-state index in [0.29, 0.717) is 12.5 Å². The van der Waals surface area contributed by atoms with Gasteiger partial charge >= 0.3 is 0 Å². The molecule has 0 aromatic carbocycles. The summed E-state index contributed by atoms with van der Waals surface area (Å²) in [4.78, 5) is 9.38. The molecule has 16 heavy (non-hydrogen) atoms. The summed E-state index contributed by atoms with van der Waals surface area (Å²) in [6, 6.07) is 0. The molecule has 1 N–H and O–H groups in total. The van der Waals surface area contributed by atoms with Crippen LogP contribution in [0.2, 0.25) is 0 Å². The van der Waals surface area contributed by atoms with Crippen LogP contribution in [0.1, 0.15) is 41.5 Å². The van der Waals surface area contributed by atoms with Crippen LogP contribution < -0.4 is 5.32 Å². The molecule has 0 spiro atoms. The van der Waals surface area contributed by atoms with Crippen LogP contribution in [-0.2, 0) is 24.3 Å². The summed E-state index contributed by atoms with van der Waals surface area (Å²) in [5, 5.41) is 3.17. The quantitative estimate of drug-likeness (QED) is 0.828. The number of hydrogen-bond donors (Lipinski definition) is 1. The zero-order valence-electron chi connectivity index (χ0n) is 9.62. The molecule has 4 heteroatoms. The smallest absolute Gasteiger partial charge is 0.132 e. The molecule has 0 bridgehead atoms. The highest BCUT2D eigenvalue weighted by molar-refractivity contribution is 5.28. The lowest BCUT2D eigenvalue weighted by molar-refractivity contribution is 0.107. The number of aromatic nitrogens is 2. The maximum atomic E-state index is 5.49. The van der Waals surface area contributed by atoms with Gasteiger partial charge < -0.3 is 10.1 Å². The molecule has 3 rings (SSSR count). The van der Waals surface area contributed by atoms with Gasteiger partial charge in [-0.25, -0.2) is 9.97 Å². The molecule has 1 aromatic rings. The predicted octanol–water partition coefficient (Wildman–Crippen LogP) is 1.15. The summed E-state index contributed by atoms with van der Waals surface area (Å²) >= 11 is 0. The summed E-state index contributed by atoms with van der Waals surface area (Å²) in [5.74, 6) is 1.69. The van der Waals surface area contributed by atoms with Crippen LogP contribution >= 0.6 is 0 Å². The summed E-state index contributed by atoms with van der Waals surface area (Å²) < 4.78 is 5.49. The first-order valence-electron chi connectivity index (χ1n) is 5.99. The number of rotatable bonds is 3. The molecule has 1 aliphatic carbocycles. The number of nitrogens with zero attached hydrogens (tertiary/aromatic N) is 2. The number of fused-ring (bicyclic) bond motifs is 1. The summed E-state index contributed by atoms with van der Waals surface area (Å²) in [7, 11) is 1.95. The highest BCUT2D eigenvalue weighted by Gasteiger charge is 2.29. The van der Waals surface area contributed by atoms with Crippen molar-refractivity contribution in [1.29, 1.82) is 0 Å². The highest BCUT2D eigenvalue weighted by atomic mass is 16.5. The minimum atomic E-state index is 0.628. The van der Waals surface area contributed by atoms with Crippen molar-refractivity contribution in [3.8, 4) is 0 Å². The molecule has 1 fully saturated rings. The first kappa shape index (κ1) is 10.2. The average Bonchev–Trinajstić information content (AvgIpc) is 3.13. The van der Waals surface area contributed by atoms with E-state index in [-0.39, 0.29) is 0 Å². The van der Waals surface area contributed by atoms with Crippen molar-refractivity contribution in [3.05, 3.63) is 22.8 Å². The largest absolute Gasteiger partial charge is 0.376 e. The van der Waals surface area contributed by atoms with Gasteiger partial charge in [0.25, 0.3) is 0 Å². The van der Waals surface area contributed by atoms with Gasteiger partial charge in [0.1, 0.15) is 5.82 Å². The second kappa shape index (κ2) is 4.11. The van der Waals surface area contributed by atoms with Crippen LogP contribution in [0.4, 0.5) is 0 Å².